The number of H-pyrrole nitrogens is 1. The number of carbonyl (C=O) groups is 3. The topological polar surface area (TPSA) is 128 Å². The number of nitrogens with one attached hydrogen (secondary N) is 4. The Morgan fingerprint density at radius 2 is 1.60 bits per heavy atom. The number of hydrogen-bond donors (Lipinski definition) is 4. The molecule has 0 spiro atoms. The van der Waals surface area contributed by atoms with Gasteiger partial charge < -0.3 is 30.6 Å². The van der Waals surface area contributed by atoms with Gasteiger partial charge in [0.25, 0.3) is 17.7 Å². The molecular weight excluding hydrogens is 597 g/mol. The van der Waals surface area contributed by atoms with Crippen molar-refractivity contribution in [2.24, 2.45) is 0 Å². The predicted octanol–water partition coefficient (Wildman–Crippen LogP) is 4.79. The second-order valence-electron chi connectivity index (χ2n) is 8.96. The van der Waals surface area contributed by atoms with Gasteiger partial charge in [0.05, 0.1) is 11.9 Å². The maximum Gasteiger partial charge on any atom is 0.573 e. The Kier molecular flexibility index (Phi) is 9.42. The summed E-state index contributed by atoms with van der Waals surface area (Å²) in [6.45, 7) is 3.20. The standard InChI is InChI=1S/C26H26BrF3N6O4/c27-20-9-8-18(40-26(28,29)30)14-19(20)23(37)34-16-4-6-17(7-5-16)35-25(39)22-21(32-15-33-22)24(38)31-10-13-36-11-2-1-3-12-36/h4-9,14-15H,1-3,10-13H2,(H,31,38)(H,32,33)(H,34,37)(H,35,39). The number of aromatic amines is 1. The molecule has 4 rings (SSSR count). The van der Waals surface area contributed by atoms with Gasteiger partial charge in [-0.2, -0.15) is 0 Å². The minimum Gasteiger partial charge on any atom is -0.406 e. The second kappa shape index (κ2) is 13.0. The van der Waals surface area contributed by atoms with Gasteiger partial charge in [0.1, 0.15) is 11.4 Å². The Labute approximate surface area is 235 Å². The van der Waals surface area contributed by atoms with Crippen LogP contribution < -0.4 is 20.7 Å². The van der Waals surface area contributed by atoms with E-state index in [4.69, 9.17) is 0 Å². The van der Waals surface area contributed by atoms with Crippen molar-refractivity contribution in [3.63, 3.8) is 0 Å². The molecule has 40 heavy (non-hydrogen) atoms. The third-order valence-electron chi connectivity index (χ3n) is 6.06. The molecule has 0 bridgehead atoms. The molecular formula is C26H26BrF3N6O4. The number of benzene rings is 2. The lowest BCUT2D eigenvalue weighted by atomic mass is 10.1. The molecule has 0 radical (unpaired) electrons. The highest BCUT2D eigenvalue weighted by Crippen LogP contribution is 2.28. The van der Waals surface area contributed by atoms with Crippen LogP contribution in [-0.4, -0.2) is 65.1 Å². The first kappa shape index (κ1) is 29.1. The summed E-state index contributed by atoms with van der Waals surface area (Å²) in [6.07, 6.45) is -0.101. The van der Waals surface area contributed by atoms with Crippen LogP contribution >= 0.6 is 15.9 Å². The number of ether oxygens (including phenoxy) is 1. The minimum absolute atomic E-state index is 0.0438. The van der Waals surface area contributed by atoms with Crippen LogP contribution in [0.15, 0.2) is 53.3 Å². The first-order chi connectivity index (χ1) is 19.1. The van der Waals surface area contributed by atoms with Gasteiger partial charge in [-0.25, -0.2) is 4.98 Å². The number of likely N-dealkylation sites (tertiary alicyclic amines) is 1. The molecule has 1 aliphatic rings. The first-order valence-corrected chi connectivity index (χ1v) is 13.2. The van der Waals surface area contributed by atoms with E-state index in [-0.39, 0.29) is 21.4 Å². The fraction of sp³-hybridized carbons (Fsp3) is 0.308. The van der Waals surface area contributed by atoms with Gasteiger partial charge in [-0.3, -0.25) is 14.4 Å². The Morgan fingerprint density at radius 3 is 2.25 bits per heavy atom. The van der Waals surface area contributed by atoms with Gasteiger partial charge in [-0.15, -0.1) is 13.2 Å². The normalized spacial score (nSPS) is 13.9. The molecule has 1 saturated heterocycles. The molecule has 2 heterocycles. The van der Waals surface area contributed by atoms with Gasteiger partial charge >= 0.3 is 6.36 Å². The minimum atomic E-state index is -4.89. The monoisotopic (exact) mass is 622 g/mol. The lowest BCUT2D eigenvalue weighted by Crippen LogP contribution is -2.38. The Bertz CT molecular complexity index is 1360. The average Bonchev–Trinajstić information content (AvgIpc) is 3.41. The molecule has 14 heteroatoms. The molecule has 1 aromatic heterocycles. The first-order valence-electron chi connectivity index (χ1n) is 12.4. The molecule has 2 aromatic carbocycles. The van der Waals surface area contributed by atoms with Crippen molar-refractivity contribution in [2.75, 3.05) is 36.8 Å². The van der Waals surface area contributed by atoms with Gasteiger partial charge in [0.2, 0.25) is 0 Å². The summed E-state index contributed by atoms with van der Waals surface area (Å²) in [7, 11) is 0. The summed E-state index contributed by atoms with van der Waals surface area (Å²) < 4.78 is 41.7. The highest BCUT2D eigenvalue weighted by molar-refractivity contribution is 9.10. The number of halogens is 4. The summed E-state index contributed by atoms with van der Waals surface area (Å²) >= 11 is 3.15. The van der Waals surface area contributed by atoms with Gasteiger partial charge in [-0.1, -0.05) is 6.42 Å². The molecule has 212 valence electrons. The fourth-order valence-corrected chi connectivity index (χ4v) is 4.57. The summed E-state index contributed by atoms with van der Waals surface area (Å²) in [6, 6.07) is 9.33. The zero-order chi connectivity index (χ0) is 28.7. The van der Waals surface area contributed by atoms with Crippen LogP contribution in [0, 0.1) is 0 Å². The Hall–Kier alpha value is -3.91. The maximum atomic E-state index is 12.8. The number of aromatic nitrogens is 2. The van der Waals surface area contributed by atoms with E-state index in [0.29, 0.717) is 17.9 Å². The fourth-order valence-electron chi connectivity index (χ4n) is 4.14. The van der Waals surface area contributed by atoms with Crippen LogP contribution in [0.2, 0.25) is 0 Å². The van der Waals surface area contributed by atoms with E-state index in [1.807, 2.05) is 0 Å². The Balaban J connectivity index is 1.32. The van der Waals surface area contributed by atoms with E-state index in [1.165, 1.54) is 43.1 Å². The van der Waals surface area contributed by atoms with Crippen molar-refractivity contribution in [3.8, 4) is 5.75 Å². The second-order valence-corrected chi connectivity index (χ2v) is 9.81. The molecule has 0 aliphatic carbocycles. The molecule has 0 saturated carbocycles. The third-order valence-corrected chi connectivity index (χ3v) is 6.75. The summed E-state index contributed by atoms with van der Waals surface area (Å²) in [5, 5.41) is 8.03. The van der Waals surface area contributed by atoms with Gasteiger partial charge in [-0.05, 0) is 84.3 Å². The lowest BCUT2D eigenvalue weighted by molar-refractivity contribution is -0.274. The largest absolute Gasteiger partial charge is 0.573 e. The molecule has 3 amide bonds. The van der Waals surface area contributed by atoms with E-state index < -0.39 is 29.8 Å². The Morgan fingerprint density at radius 1 is 0.950 bits per heavy atom. The SMILES string of the molecule is O=C(Nc1ccc(NC(=O)c2nc[nH]c2C(=O)NCCN2CCCCC2)cc1)c1cc(OC(F)(F)F)ccc1Br. The smallest absolute Gasteiger partial charge is 0.406 e. The van der Waals surface area contributed by atoms with Crippen molar-refractivity contribution >= 4 is 45.0 Å². The van der Waals surface area contributed by atoms with Gasteiger partial charge in [0.15, 0.2) is 5.69 Å². The zero-order valence-electron chi connectivity index (χ0n) is 21.1. The van der Waals surface area contributed by atoms with Crippen LogP contribution in [-0.2, 0) is 0 Å². The number of alkyl halides is 3. The van der Waals surface area contributed by atoms with E-state index in [1.54, 1.807) is 0 Å². The molecule has 1 aliphatic heterocycles. The summed E-state index contributed by atoms with van der Waals surface area (Å²) in [5.41, 5.74) is 0.593. The number of carbonyl (C=O) groups excluding carboxylic acids is 3. The van der Waals surface area contributed by atoms with E-state index >= 15 is 0 Å². The summed E-state index contributed by atoms with van der Waals surface area (Å²) in [5.74, 6) is -2.26. The van der Waals surface area contributed by atoms with Crippen LogP contribution in [0.3, 0.4) is 0 Å². The highest BCUT2D eigenvalue weighted by atomic mass is 79.9. The number of hydrogen-bond acceptors (Lipinski definition) is 6. The highest BCUT2D eigenvalue weighted by Gasteiger charge is 2.31. The quantitative estimate of drug-likeness (QED) is 0.272. The van der Waals surface area contributed by atoms with Crippen LogP contribution in [0.1, 0.15) is 50.6 Å². The molecule has 0 unspecified atom stereocenters. The number of piperidine rings is 1. The maximum absolute atomic E-state index is 12.8. The van der Waals surface area contributed by atoms with E-state index in [0.717, 1.165) is 44.6 Å². The molecule has 4 N–H and O–H groups in total. The molecule has 3 aromatic rings. The van der Waals surface area contributed by atoms with Crippen molar-refractivity contribution in [2.45, 2.75) is 25.6 Å². The number of nitrogens with zero attached hydrogens (tertiary/aromatic N) is 2. The van der Waals surface area contributed by atoms with E-state index in [9.17, 15) is 27.6 Å². The molecule has 0 atom stereocenters. The zero-order valence-corrected chi connectivity index (χ0v) is 22.7. The van der Waals surface area contributed by atoms with Crippen LogP contribution in [0.25, 0.3) is 0 Å². The van der Waals surface area contributed by atoms with Crippen molar-refractivity contribution in [1.82, 2.24) is 20.2 Å². The third kappa shape index (κ3) is 8.05. The van der Waals surface area contributed by atoms with Crippen molar-refractivity contribution in [1.29, 1.82) is 0 Å². The average molecular weight is 623 g/mol. The number of anilines is 2. The molecule has 1 fully saturated rings. The van der Waals surface area contributed by atoms with Crippen molar-refractivity contribution < 1.29 is 32.3 Å². The lowest BCUT2D eigenvalue weighted by Gasteiger charge is -2.26. The van der Waals surface area contributed by atoms with Crippen LogP contribution in [0.4, 0.5) is 24.5 Å². The molecule has 10 nitrogen and oxygen atoms in total. The number of amides is 3. The van der Waals surface area contributed by atoms with Crippen LogP contribution in [0.5, 0.6) is 5.75 Å². The van der Waals surface area contributed by atoms with Crippen molar-refractivity contribution in [3.05, 3.63) is 70.2 Å². The van der Waals surface area contributed by atoms with Gasteiger partial charge in [0, 0.05) is 28.9 Å². The number of imidazole rings is 1. The van der Waals surface area contributed by atoms with E-state index in [2.05, 4.69) is 51.5 Å². The number of rotatable bonds is 9. The summed E-state index contributed by atoms with van der Waals surface area (Å²) in [4.78, 5) is 47.0. The predicted molar refractivity (Wildman–Crippen MR) is 144 cm³/mol.